The van der Waals surface area contributed by atoms with E-state index in [0.717, 1.165) is 4.68 Å². The van der Waals surface area contributed by atoms with Crippen LogP contribution in [0.25, 0.3) is 0 Å². The van der Waals surface area contributed by atoms with Crippen molar-refractivity contribution in [3.8, 4) is 11.5 Å². The second-order valence-corrected chi connectivity index (χ2v) is 7.84. The number of anilines is 1. The van der Waals surface area contributed by atoms with Crippen molar-refractivity contribution in [2.75, 3.05) is 45.8 Å². The Balaban J connectivity index is 1.72. The van der Waals surface area contributed by atoms with Gasteiger partial charge in [0.2, 0.25) is 0 Å². The van der Waals surface area contributed by atoms with E-state index in [9.17, 15) is 18.0 Å². The van der Waals surface area contributed by atoms with Gasteiger partial charge in [0, 0.05) is 19.5 Å². The number of benzene rings is 1. The van der Waals surface area contributed by atoms with Gasteiger partial charge in [-0.15, -0.1) is 0 Å². The number of carbonyl (C=O) groups is 1. The predicted molar refractivity (Wildman–Crippen MR) is 110 cm³/mol. The van der Waals surface area contributed by atoms with Gasteiger partial charge in [-0.1, -0.05) is 17.7 Å². The zero-order valence-electron chi connectivity index (χ0n) is 17.4. The van der Waals surface area contributed by atoms with Crippen molar-refractivity contribution in [3.63, 3.8) is 0 Å². The minimum atomic E-state index is -4.60. The largest absolute Gasteiger partial charge is 0.493 e. The molecule has 1 saturated heterocycles. The number of ether oxygens (including phenoxy) is 3. The molecule has 1 fully saturated rings. The molecule has 0 saturated carbocycles. The minimum Gasteiger partial charge on any atom is -0.493 e. The van der Waals surface area contributed by atoms with Crippen LogP contribution in [0.2, 0.25) is 5.02 Å². The fraction of sp³-hybridized carbons (Fsp3) is 0.500. The number of carbonyl (C=O) groups excluding carboxylic acids is 1. The van der Waals surface area contributed by atoms with Crippen molar-refractivity contribution in [2.45, 2.75) is 24.7 Å². The Morgan fingerprint density at radius 2 is 1.91 bits per heavy atom. The van der Waals surface area contributed by atoms with Crippen molar-refractivity contribution in [3.05, 3.63) is 34.5 Å². The smallest absolute Gasteiger partial charge is 0.410 e. The van der Waals surface area contributed by atoms with Crippen LogP contribution < -0.4 is 14.8 Å². The standard InChI is InChI=1S/C20H22ClF3N4O4/c1-30-13-4-3-11(9-14(13)31-2)12-10-15(20(22,23)24)28-18(25-12)16(21)17(26-28)19(29)27-5-7-32-8-6-27/h3-4,9,12,15,25H,5-8,10H2,1-2H3/t12-,15+/m0/s1. The van der Waals surface area contributed by atoms with E-state index in [4.69, 9.17) is 25.8 Å². The van der Waals surface area contributed by atoms with Gasteiger partial charge in [0.25, 0.3) is 5.91 Å². The third-order valence-corrected chi connectivity index (χ3v) is 5.96. The molecule has 0 unspecified atom stereocenters. The van der Waals surface area contributed by atoms with E-state index >= 15 is 0 Å². The summed E-state index contributed by atoms with van der Waals surface area (Å²) in [6.45, 7) is 1.34. The van der Waals surface area contributed by atoms with Crippen molar-refractivity contribution in [1.29, 1.82) is 0 Å². The van der Waals surface area contributed by atoms with Gasteiger partial charge in [-0.05, 0) is 17.7 Å². The van der Waals surface area contributed by atoms with Crippen molar-refractivity contribution >= 4 is 23.3 Å². The zero-order valence-corrected chi connectivity index (χ0v) is 18.2. The summed E-state index contributed by atoms with van der Waals surface area (Å²) in [6, 6.07) is 2.20. The number of fused-ring (bicyclic) bond motifs is 1. The summed E-state index contributed by atoms with van der Waals surface area (Å²) in [5.74, 6) is 0.284. The van der Waals surface area contributed by atoms with E-state index in [-0.39, 0.29) is 23.0 Å². The first-order valence-electron chi connectivity index (χ1n) is 9.94. The Morgan fingerprint density at radius 1 is 1.22 bits per heavy atom. The van der Waals surface area contributed by atoms with Crippen LogP contribution in [0.5, 0.6) is 11.5 Å². The molecule has 32 heavy (non-hydrogen) atoms. The van der Waals surface area contributed by atoms with E-state index in [0.29, 0.717) is 43.4 Å². The molecule has 1 amide bonds. The molecule has 12 heteroatoms. The maximum absolute atomic E-state index is 14.0. The Kier molecular flexibility index (Phi) is 6.13. The van der Waals surface area contributed by atoms with E-state index in [1.165, 1.54) is 19.1 Å². The molecule has 0 aliphatic carbocycles. The van der Waals surface area contributed by atoms with Crippen LogP contribution in [0.4, 0.5) is 19.0 Å². The maximum Gasteiger partial charge on any atom is 0.410 e. The highest BCUT2D eigenvalue weighted by atomic mass is 35.5. The number of nitrogens with zero attached hydrogens (tertiary/aromatic N) is 3. The molecule has 1 aromatic carbocycles. The van der Waals surface area contributed by atoms with E-state index in [2.05, 4.69) is 10.4 Å². The van der Waals surface area contributed by atoms with Gasteiger partial charge < -0.3 is 24.4 Å². The summed E-state index contributed by atoms with van der Waals surface area (Å²) >= 11 is 6.39. The molecule has 8 nitrogen and oxygen atoms in total. The third-order valence-electron chi connectivity index (χ3n) is 5.61. The Hall–Kier alpha value is -2.66. The van der Waals surface area contributed by atoms with E-state index in [1.807, 2.05) is 0 Å². The molecule has 3 heterocycles. The van der Waals surface area contributed by atoms with Gasteiger partial charge in [0.15, 0.2) is 23.2 Å². The monoisotopic (exact) mass is 474 g/mol. The number of morpholine rings is 1. The maximum atomic E-state index is 14.0. The van der Waals surface area contributed by atoms with Gasteiger partial charge in [-0.2, -0.15) is 18.3 Å². The molecular weight excluding hydrogens is 453 g/mol. The molecule has 2 atom stereocenters. The van der Waals surface area contributed by atoms with Crippen LogP contribution in [0.15, 0.2) is 18.2 Å². The zero-order chi connectivity index (χ0) is 23.0. The SMILES string of the molecule is COc1ccc([C@@H]2C[C@H](C(F)(F)F)n3nc(C(=O)N4CCOCC4)c(Cl)c3N2)cc1OC. The summed E-state index contributed by atoms with van der Waals surface area (Å²) in [7, 11) is 2.92. The number of amides is 1. The molecule has 1 aromatic heterocycles. The molecular formula is C20H22ClF3N4O4. The number of alkyl halides is 3. The second-order valence-electron chi connectivity index (χ2n) is 7.46. The first kappa shape index (κ1) is 22.5. The highest BCUT2D eigenvalue weighted by Crippen LogP contribution is 2.47. The molecule has 0 spiro atoms. The van der Waals surface area contributed by atoms with Crippen LogP contribution >= 0.6 is 11.6 Å². The average molecular weight is 475 g/mol. The summed E-state index contributed by atoms with van der Waals surface area (Å²) in [5, 5.41) is 6.88. The lowest BCUT2D eigenvalue weighted by Gasteiger charge is -2.33. The Morgan fingerprint density at radius 3 is 2.53 bits per heavy atom. The van der Waals surface area contributed by atoms with Gasteiger partial charge in [0.05, 0.1) is 33.5 Å². The lowest BCUT2D eigenvalue weighted by molar-refractivity contribution is -0.173. The lowest BCUT2D eigenvalue weighted by atomic mass is 9.96. The second kappa shape index (κ2) is 8.70. The van der Waals surface area contributed by atoms with Crippen LogP contribution in [0, 0.1) is 0 Å². The van der Waals surface area contributed by atoms with Crippen LogP contribution in [-0.2, 0) is 4.74 Å². The van der Waals surface area contributed by atoms with Gasteiger partial charge >= 0.3 is 6.18 Å². The molecule has 0 bridgehead atoms. The predicted octanol–water partition coefficient (Wildman–Crippen LogP) is 3.69. The van der Waals surface area contributed by atoms with E-state index < -0.39 is 24.2 Å². The molecule has 2 aliphatic heterocycles. The van der Waals surface area contributed by atoms with Gasteiger partial charge in [-0.3, -0.25) is 4.79 Å². The van der Waals surface area contributed by atoms with Crippen molar-refractivity contribution in [1.82, 2.24) is 14.7 Å². The number of halogens is 4. The first-order chi connectivity index (χ1) is 15.2. The fourth-order valence-electron chi connectivity index (χ4n) is 3.93. The normalized spacial score (nSPS) is 21.0. The van der Waals surface area contributed by atoms with Gasteiger partial charge in [0.1, 0.15) is 10.8 Å². The highest BCUT2D eigenvalue weighted by Gasteiger charge is 2.48. The quantitative estimate of drug-likeness (QED) is 0.728. The summed E-state index contributed by atoms with van der Waals surface area (Å²) in [4.78, 5) is 14.3. The Labute approximate surface area is 187 Å². The van der Waals surface area contributed by atoms with Crippen molar-refractivity contribution in [2.24, 2.45) is 0 Å². The van der Waals surface area contributed by atoms with Crippen LogP contribution in [0.3, 0.4) is 0 Å². The minimum absolute atomic E-state index is 0.0448. The topological polar surface area (TPSA) is 77.9 Å². The van der Waals surface area contributed by atoms with Crippen molar-refractivity contribution < 1.29 is 32.2 Å². The molecule has 2 aromatic rings. The van der Waals surface area contributed by atoms with E-state index in [1.54, 1.807) is 18.2 Å². The number of methoxy groups -OCH3 is 2. The highest BCUT2D eigenvalue weighted by molar-refractivity contribution is 6.36. The summed E-state index contributed by atoms with van der Waals surface area (Å²) in [5.41, 5.74) is 0.347. The summed E-state index contributed by atoms with van der Waals surface area (Å²) in [6.07, 6.45) is -4.94. The van der Waals surface area contributed by atoms with Crippen LogP contribution in [0.1, 0.15) is 34.6 Å². The Bertz CT molecular complexity index is 1010. The average Bonchev–Trinajstić information content (AvgIpc) is 3.13. The first-order valence-corrected chi connectivity index (χ1v) is 10.3. The molecule has 2 aliphatic rings. The van der Waals surface area contributed by atoms with Gasteiger partial charge in [-0.25, -0.2) is 4.68 Å². The summed E-state index contributed by atoms with van der Waals surface area (Å²) < 4.78 is 58.4. The molecule has 174 valence electrons. The number of hydrogen-bond acceptors (Lipinski definition) is 6. The molecule has 4 rings (SSSR count). The lowest BCUT2D eigenvalue weighted by Crippen LogP contribution is -2.41. The van der Waals surface area contributed by atoms with Crippen LogP contribution in [-0.4, -0.2) is 67.3 Å². The number of nitrogens with one attached hydrogen (secondary N) is 1. The molecule has 0 radical (unpaired) electrons. The molecule has 1 N–H and O–H groups in total. The fourth-order valence-corrected chi connectivity index (χ4v) is 4.19. The third kappa shape index (κ3) is 4.06. The number of rotatable bonds is 4. The number of hydrogen-bond donors (Lipinski definition) is 1. The number of aromatic nitrogens is 2.